The summed E-state index contributed by atoms with van der Waals surface area (Å²) in [4.78, 5) is 27.0. The van der Waals surface area contributed by atoms with Crippen LogP contribution in [0.25, 0.3) is 0 Å². The van der Waals surface area contributed by atoms with E-state index in [4.69, 9.17) is 0 Å². The molecule has 0 saturated heterocycles. The minimum Gasteiger partial charge on any atom is -0.351 e. The molecule has 1 N–H and O–H groups in total. The molecule has 126 valence electrons. The molecule has 1 saturated carbocycles. The highest BCUT2D eigenvalue weighted by atomic mass is 16.2. The summed E-state index contributed by atoms with van der Waals surface area (Å²) in [5.74, 6) is 0.0266. The number of nitrogens with zero attached hydrogens (tertiary/aromatic N) is 1. The van der Waals surface area contributed by atoms with Gasteiger partial charge in [0.2, 0.25) is 5.91 Å². The predicted molar refractivity (Wildman–Crippen MR) is 92.2 cm³/mol. The van der Waals surface area contributed by atoms with Crippen molar-refractivity contribution in [1.29, 1.82) is 0 Å². The highest BCUT2D eigenvalue weighted by Crippen LogP contribution is 2.37. The van der Waals surface area contributed by atoms with Crippen LogP contribution in [0.1, 0.15) is 57.3 Å². The standard InChI is InChI=1S/C19H28N2O2/c1-5-6-12-21(18(23)14-10-8-7-9-11-14)16-13-15(16)17(22)20-19(2,3)4/h7-11,15-16H,5-6,12-13H2,1-4H3,(H,20,22)/t15-,16-/m1/s1. The lowest BCUT2D eigenvalue weighted by molar-refractivity contribution is -0.124. The van der Waals surface area contributed by atoms with Crippen LogP contribution in [0.3, 0.4) is 0 Å². The number of carbonyl (C=O) groups excluding carboxylic acids is 2. The van der Waals surface area contributed by atoms with Gasteiger partial charge < -0.3 is 10.2 Å². The van der Waals surface area contributed by atoms with Crippen LogP contribution in [0.5, 0.6) is 0 Å². The Morgan fingerprint density at radius 3 is 2.43 bits per heavy atom. The van der Waals surface area contributed by atoms with Gasteiger partial charge in [-0.2, -0.15) is 0 Å². The first-order chi connectivity index (χ1) is 10.8. The van der Waals surface area contributed by atoms with Crippen molar-refractivity contribution >= 4 is 11.8 Å². The average Bonchev–Trinajstić information content (AvgIpc) is 3.27. The van der Waals surface area contributed by atoms with Gasteiger partial charge in [-0.3, -0.25) is 9.59 Å². The second-order valence-electron chi connectivity index (χ2n) is 7.37. The van der Waals surface area contributed by atoms with Gasteiger partial charge in [0, 0.05) is 23.7 Å². The molecule has 2 atom stereocenters. The summed E-state index contributed by atoms with van der Waals surface area (Å²) in [7, 11) is 0. The lowest BCUT2D eigenvalue weighted by Crippen LogP contribution is -2.43. The van der Waals surface area contributed by atoms with Crippen LogP contribution in [0.15, 0.2) is 30.3 Å². The monoisotopic (exact) mass is 316 g/mol. The highest BCUT2D eigenvalue weighted by Gasteiger charge is 2.48. The summed E-state index contributed by atoms with van der Waals surface area (Å²) in [5.41, 5.74) is 0.465. The van der Waals surface area contributed by atoms with Gasteiger partial charge in [-0.1, -0.05) is 31.5 Å². The van der Waals surface area contributed by atoms with Gasteiger partial charge in [0.25, 0.3) is 5.91 Å². The second-order valence-corrected chi connectivity index (χ2v) is 7.37. The molecular weight excluding hydrogens is 288 g/mol. The van der Waals surface area contributed by atoms with E-state index in [0.717, 1.165) is 19.3 Å². The molecule has 4 heteroatoms. The molecule has 1 aromatic rings. The zero-order valence-electron chi connectivity index (χ0n) is 14.6. The Labute approximate surface area is 139 Å². The molecule has 2 rings (SSSR count). The van der Waals surface area contributed by atoms with Gasteiger partial charge >= 0.3 is 0 Å². The van der Waals surface area contributed by atoms with Crippen LogP contribution in [0, 0.1) is 5.92 Å². The van der Waals surface area contributed by atoms with Gasteiger partial charge in [0.1, 0.15) is 0 Å². The van der Waals surface area contributed by atoms with Gasteiger partial charge in [-0.05, 0) is 45.7 Å². The van der Waals surface area contributed by atoms with Crippen LogP contribution >= 0.6 is 0 Å². The third-order valence-corrected chi connectivity index (χ3v) is 4.03. The molecule has 0 aromatic heterocycles. The minimum atomic E-state index is -0.234. The molecule has 0 bridgehead atoms. The molecule has 4 nitrogen and oxygen atoms in total. The average molecular weight is 316 g/mol. The smallest absolute Gasteiger partial charge is 0.254 e. The third kappa shape index (κ3) is 4.81. The Morgan fingerprint density at radius 2 is 1.87 bits per heavy atom. The van der Waals surface area contributed by atoms with E-state index >= 15 is 0 Å². The van der Waals surface area contributed by atoms with Gasteiger partial charge in [0.05, 0.1) is 5.92 Å². The molecule has 0 unspecified atom stereocenters. The van der Waals surface area contributed by atoms with E-state index in [1.807, 2.05) is 56.0 Å². The molecule has 1 fully saturated rings. The maximum atomic E-state index is 12.8. The van der Waals surface area contributed by atoms with Crippen LogP contribution in [0.2, 0.25) is 0 Å². The lowest BCUT2D eigenvalue weighted by atomic mass is 10.1. The molecule has 1 aliphatic carbocycles. The SMILES string of the molecule is CCCCN(C(=O)c1ccccc1)[C@@H]1C[C@H]1C(=O)NC(C)(C)C. The highest BCUT2D eigenvalue weighted by molar-refractivity contribution is 5.95. The number of amides is 2. The van der Waals surface area contributed by atoms with Crippen molar-refractivity contribution in [3.05, 3.63) is 35.9 Å². The molecule has 2 amide bonds. The van der Waals surface area contributed by atoms with E-state index in [9.17, 15) is 9.59 Å². The fraction of sp³-hybridized carbons (Fsp3) is 0.579. The van der Waals surface area contributed by atoms with E-state index in [2.05, 4.69) is 12.2 Å². The maximum Gasteiger partial charge on any atom is 0.254 e. The van der Waals surface area contributed by atoms with E-state index in [1.54, 1.807) is 0 Å². The molecule has 1 aromatic carbocycles. The van der Waals surface area contributed by atoms with Gasteiger partial charge in [0.15, 0.2) is 0 Å². The molecule has 0 heterocycles. The van der Waals surface area contributed by atoms with Crippen LogP contribution < -0.4 is 5.32 Å². The van der Waals surface area contributed by atoms with Crippen molar-refractivity contribution in [1.82, 2.24) is 10.2 Å². The molecule has 0 radical (unpaired) electrons. The first kappa shape index (κ1) is 17.5. The largest absolute Gasteiger partial charge is 0.351 e. The number of hydrogen-bond donors (Lipinski definition) is 1. The second kappa shape index (κ2) is 7.16. The number of rotatable bonds is 6. The number of hydrogen-bond acceptors (Lipinski definition) is 2. The van der Waals surface area contributed by atoms with Crippen molar-refractivity contribution in [2.45, 2.75) is 58.5 Å². The van der Waals surface area contributed by atoms with E-state index in [0.29, 0.717) is 12.1 Å². The van der Waals surface area contributed by atoms with Gasteiger partial charge in [-0.25, -0.2) is 0 Å². The van der Waals surface area contributed by atoms with Gasteiger partial charge in [-0.15, -0.1) is 0 Å². The van der Waals surface area contributed by atoms with E-state index in [1.165, 1.54) is 0 Å². The molecule has 0 spiro atoms. The Bertz CT molecular complexity index is 548. The molecule has 1 aliphatic rings. The zero-order valence-corrected chi connectivity index (χ0v) is 14.6. The van der Waals surface area contributed by atoms with Crippen LogP contribution in [-0.2, 0) is 4.79 Å². The summed E-state index contributed by atoms with van der Waals surface area (Å²) in [6.07, 6.45) is 2.76. The normalized spacial score (nSPS) is 20.0. The number of unbranched alkanes of at least 4 members (excludes halogenated alkanes) is 1. The lowest BCUT2D eigenvalue weighted by Gasteiger charge is -2.24. The fourth-order valence-electron chi connectivity index (χ4n) is 2.76. The molecule has 0 aliphatic heterocycles. The minimum absolute atomic E-state index is 0.0371. The van der Waals surface area contributed by atoms with Crippen molar-refractivity contribution in [3.63, 3.8) is 0 Å². The first-order valence-corrected chi connectivity index (χ1v) is 8.51. The molecular formula is C19H28N2O2. The maximum absolute atomic E-state index is 12.8. The Hall–Kier alpha value is -1.84. The van der Waals surface area contributed by atoms with Crippen LogP contribution in [0.4, 0.5) is 0 Å². The van der Waals surface area contributed by atoms with Crippen molar-refractivity contribution < 1.29 is 9.59 Å². The van der Waals surface area contributed by atoms with Crippen molar-refractivity contribution in [3.8, 4) is 0 Å². The number of nitrogens with one attached hydrogen (secondary N) is 1. The summed E-state index contributed by atoms with van der Waals surface area (Å²) in [6.45, 7) is 8.76. The predicted octanol–water partition coefficient (Wildman–Crippen LogP) is 3.23. The summed E-state index contributed by atoms with van der Waals surface area (Å²) in [5, 5.41) is 3.02. The molecule has 23 heavy (non-hydrogen) atoms. The zero-order chi connectivity index (χ0) is 17.0. The summed E-state index contributed by atoms with van der Waals surface area (Å²) in [6, 6.07) is 9.38. The quantitative estimate of drug-likeness (QED) is 0.876. The van der Waals surface area contributed by atoms with E-state index < -0.39 is 0 Å². The topological polar surface area (TPSA) is 49.4 Å². The van der Waals surface area contributed by atoms with Crippen molar-refractivity contribution in [2.75, 3.05) is 6.54 Å². The third-order valence-electron chi connectivity index (χ3n) is 4.03. The van der Waals surface area contributed by atoms with E-state index in [-0.39, 0.29) is 29.3 Å². The number of benzene rings is 1. The fourth-order valence-corrected chi connectivity index (χ4v) is 2.76. The Kier molecular flexibility index (Phi) is 5.45. The Morgan fingerprint density at radius 1 is 1.22 bits per heavy atom. The summed E-state index contributed by atoms with van der Waals surface area (Å²) < 4.78 is 0. The first-order valence-electron chi connectivity index (χ1n) is 8.51. The van der Waals surface area contributed by atoms with Crippen molar-refractivity contribution in [2.24, 2.45) is 5.92 Å². The Balaban J connectivity index is 2.06. The summed E-state index contributed by atoms with van der Waals surface area (Å²) >= 11 is 0. The number of carbonyl (C=O) groups is 2. The van der Waals surface area contributed by atoms with Crippen LogP contribution in [-0.4, -0.2) is 34.8 Å².